The molecule has 2 aliphatic heterocycles. The van der Waals surface area contributed by atoms with Crippen LogP contribution in [0.3, 0.4) is 0 Å². The Hall–Kier alpha value is -3.09. The van der Waals surface area contributed by atoms with E-state index in [2.05, 4.69) is 0 Å². The number of hydrogen-bond donors (Lipinski definition) is 8. The minimum absolute atomic E-state index is 0.165. The predicted octanol–water partition coefficient (Wildman–Crippen LogP) is -0.270. The summed E-state index contributed by atoms with van der Waals surface area (Å²) in [6.07, 6.45) is -9.14. The van der Waals surface area contributed by atoms with Crippen molar-refractivity contribution in [3.8, 4) is 28.7 Å². The molecule has 0 aliphatic carbocycles. The quantitative estimate of drug-likeness (QED) is 0.287. The molecule has 2 aromatic rings. The highest BCUT2D eigenvalue weighted by atomic mass is 16.5. The molecule has 1 fully saturated rings. The van der Waals surface area contributed by atoms with E-state index in [0.717, 1.165) is 6.07 Å². The fraction of sp³-hybridized carbons (Fsp3) is 0.381. The number of hydrogen-bond acceptors (Lipinski definition) is 11. The van der Waals surface area contributed by atoms with E-state index < -0.39 is 71.8 Å². The lowest BCUT2D eigenvalue weighted by Crippen LogP contribution is -2.55. The van der Waals surface area contributed by atoms with Crippen molar-refractivity contribution in [3.63, 3.8) is 0 Å². The summed E-state index contributed by atoms with van der Waals surface area (Å²) < 4.78 is 11.1. The van der Waals surface area contributed by atoms with Crippen molar-refractivity contribution in [2.24, 2.45) is 0 Å². The molecule has 0 amide bonds. The Morgan fingerprint density at radius 2 is 1.62 bits per heavy atom. The number of Topliss-reactive ketones (excluding diaryl/α,β-unsaturated/α-hetero) is 1. The van der Waals surface area contributed by atoms with Gasteiger partial charge in [0.2, 0.25) is 0 Å². The molecule has 0 saturated carbocycles. The van der Waals surface area contributed by atoms with Gasteiger partial charge in [0.1, 0.15) is 59.4 Å². The molecule has 1 saturated heterocycles. The first-order valence-electron chi connectivity index (χ1n) is 9.75. The van der Waals surface area contributed by atoms with Gasteiger partial charge in [0, 0.05) is 6.07 Å². The third kappa shape index (κ3) is 3.49. The SMILES string of the molecule is O=C1C[C@H](c2ccc(O)c(O)c2)Oc2cc(O)c([C@H]3O[C@@H](CO)[C@@H](O)[C@@H](O)[C@H]3O)c(O)c21. The smallest absolute Gasteiger partial charge is 0.174 e. The normalized spacial score (nSPS) is 29.9. The summed E-state index contributed by atoms with van der Waals surface area (Å²) in [5, 5.41) is 80.1. The lowest BCUT2D eigenvalue weighted by atomic mass is 9.87. The number of ether oxygens (including phenoxy) is 2. The number of fused-ring (bicyclic) bond motifs is 1. The van der Waals surface area contributed by atoms with E-state index in [1.54, 1.807) is 0 Å². The average Bonchev–Trinajstić information content (AvgIpc) is 2.74. The van der Waals surface area contributed by atoms with Gasteiger partial charge < -0.3 is 50.3 Å². The molecule has 4 rings (SSSR count). The largest absolute Gasteiger partial charge is 0.507 e. The number of carbonyl (C=O) groups excluding carboxylic acids is 1. The first-order chi connectivity index (χ1) is 15.1. The third-order valence-electron chi connectivity index (χ3n) is 5.75. The number of aromatic hydroxyl groups is 4. The molecule has 0 aromatic heterocycles. The van der Waals surface area contributed by atoms with Gasteiger partial charge in [-0.15, -0.1) is 0 Å². The van der Waals surface area contributed by atoms with Crippen LogP contribution in [0.1, 0.15) is 40.1 Å². The van der Waals surface area contributed by atoms with Crippen LogP contribution < -0.4 is 4.74 Å². The van der Waals surface area contributed by atoms with Gasteiger partial charge in [-0.2, -0.15) is 0 Å². The molecule has 0 unspecified atom stereocenters. The topological polar surface area (TPSA) is 197 Å². The summed E-state index contributed by atoms with van der Waals surface area (Å²) in [6, 6.07) is 4.93. The molecular formula is C21H22O11. The van der Waals surface area contributed by atoms with Gasteiger partial charge in [-0.25, -0.2) is 0 Å². The molecule has 8 N–H and O–H groups in total. The van der Waals surface area contributed by atoms with Gasteiger partial charge in [0.05, 0.1) is 18.6 Å². The summed E-state index contributed by atoms with van der Waals surface area (Å²) in [4.78, 5) is 12.8. The van der Waals surface area contributed by atoms with E-state index in [9.17, 15) is 45.6 Å². The minimum atomic E-state index is -1.78. The number of carbonyl (C=O) groups is 1. The molecule has 0 bridgehead atoms. The number of rotatable bonds is 3. The van der Waals surface area contributed by atoms with Crippen LogP contribution in [0.25, 0.3) is 0 Å². The zero-order valence-corrected chi connectivity index (χ0v) is 16.5. The maximum atomic E-state index is 12.8. The second kappa shape index (κ2) is 8.11. The Balaban J connectivity index is 1.72. The van der Waals surface area contributed by atoms with E-state index in [4.69, 9.17) is 9.47 Å². The van der Waals surface area contributed by atoms with Crippen LogP contribution in [-0.2, 0) is 4.74 Å². The minimum Gasteiger partial charge on any atom is -0.507 e. The Morgan fingerprint density at radius 1 is 0.906 bits per heavy atom. The van der Waals surface area contributed by atoms with Gasteiger partial charge >= 0.3 is 0 Å². The molecule has 32 heavy (non-hydrogen) atoms. The molecule has 2 aliphatic rings. The van der Waals surface area contributed by atoms with Crippen LogP contribution in [0.5, 0.6) is 28.7 Å². The first-order valence-corrected chi connectivity index (χ1v) is 9.75. The Bertz CT molecular complexity index is 1050. The number of benzene rings is 2. The Labute approximate surface area is 181 Å². The molecule has 2 heterocycles. The lowest BCUT2D eigenvalue weighted by molar-refractivity contribution is -0.232. The van der Waals surface area contributed by atoms with Crippen molar-refractivity contribution >= 4 is 5.78 Å². The van der Waals surface area contributed by atoms with E-state index in [-0.39, 0.29) is 23.5 Å². The summed E-state index contributed by atoms with van der Waals surface area (Å²) in [6.45, 7) is -0.711. The van der Waals surface area contributed by atoms with Crippen molar-refractivity contribution in [3.05, 3.63) is 41.0 Å². The second-order valence-electron chi connectivity index (χ2n) is 7.76. The van der Waals surface area contributed by atoms with Gasteiger partial charge in [-0.05, 0) is 17.7 Å². The monoisotopic (exact) mass is 450 g/mol. The van der Waals surface area contributed by atoms with Crippen molar-refractivity contribution in [2.75, 3.05) is 6.61 Å². The van der Waals surface area contributed by atoms with E-state index in [0.29, 0.717) is 5.56 Å². The number of phenols is 4. The number of ketones is 1. The number of aliphatic hydroxyl groups excluding tert-OH is 4. The highest BCUT2D eigenvalue weighted by Crippen LogP contribution is 2.49. The van der Waals surface area contributed by atoms with Gasteiger partial charge in [-0.1, -0.05) is 6.07 Å². The number of aliphatic hydroxyl groups is 4. The molecule has 11 heteroatoms. The molecule has 2 aromatic carbocycles. The van der Waals surface area contributed by atoms with Crippen molar-refractivity contribution in [1.82, 2.24) is 0 Å². The fourth-order valence-electron chi connectivity index (χ4n) is 4.02. The van der Waals surface area contributed by atoms with Crippen molar-refractivity contribution < 1.29 is 55.1 Å². The van der Waals surface area contributed by atoms with Gasteiger partial charge in [0.15, 0.2) is 17.3 Å². The molecule has 11 nitrogen and oxygen atoms in total. The zero-order chi connectivity index (χ0) is 23.3. The second-order valence-corrected chi connectivity index (χ2v) is 7.76. The maximum absolute atomic E-state index is 12.8. The van der Waals surface area contributed by atoms with Gasteiger partial charge in [-0.3, -0.25) is 4.79 Å². The van der Waals surface area contributed by atoms with Crippen molar-refractivity contribution in [1.29, 1.82) is 0 Å². The summed E-state index contributed by atoms with van der Waals surface area (Å²) >= 11 is 0. The van der Waals surface area contributed by atoms with Crippen LogP contribution >= 0.6 is 0 Å². The van der Waals surface area contributed by atoms with Crippen LogP contribution in [0.15, 0.2) is 24.3 Å². The summed E-state index contributed by atoms with van der Waals surface area (Å²) in [7, 11) is 0. The standard InChI is InChI=1S/C21H22O11/c22-6-14-17(27)19(29)20(30)21(32-14)16-11(26)5-13-15(18(16)28)10(25)4-12(31-13)7-1-2-8(23)9(24)3-7/h1-3,5,12,14,17,19-24,26-30H,4,6H2/t12-,14+,17-,19-,20-,21-/m1/s1. The average molecular weight is 450 g/mol. The van der Waals surface area contributed by atoms with E-state index >= 15 is 0 Å². The first kappa shape index (κ1) is 22.1. The predicted molar refractivity (Wildman–Crippen MR) is 105 cm³/mol. The Kier molecular flexibility index (Phi) is 5.61. The molecular weight excluding hydrogens is 428 g/mol. The van der Waals surface area contributed by atoms with Gasteiger partial charge in [0.25, 0.3) is 0 Å². The molecule has 6 atom stereocenters. The van der Waals surface area contributed by atoms with Crippen LogP contribution in [0.2, 0.25) is 0 Å². The Morgan fingerprint density at radius 3 is 2.28 bits per heavy atom. The molecule has 172 valence electrons. The summed E-state index contributed by atoms with van der Waals surface area (Å²) in [5.41, 5.74) is -0.316. The van der Waals surface area contributed by atoms with Crippen LogP contribution in [0, 0.1) is 0 Å². The third-order valence-corrected chi connectivity index (χ3v) is 5.75. The molecule has 0 radical (unpaired) electrons. The van der Waals surface area contributed by atoms with E-state index in [1.165, 1.54) is 18.2 Å². The lowest BCUT2D eigenvalue weighted by Gasteiger charge is -2.40. The van der Waals surface area contributed by atoms with E-state index in [1.807, 2.05) is 0 Å². The molecule has 0 spiro atoms. The van der Waals surface area contributed by atoms with Crippen LogP contribution in [-0.4, -0.2) is 77.7 Å². The fourth-order valence-corrected chi connectivity index (χ4v) is 4.02. The highest BCUT2D eigenvalue weighted by molar-refractivity contribution is 6.03. The summed E-state index contributed by atoms with van der Waals surface area (Å²) in [5.74, 6) is -2.85. The van der Waals surface area contributed by atoms with Crippen molar-refractivity contribution in [2.45, 2.75) is 43.0 Å². The maximum Gasteiger partial charge on any atom is 0.174 e. The highest BCUT2D eigenvalue weighted by Gasteiger charge is 2.47. The number of phenolic OH excluding ortho intramolecular Hbond substituents is 4. The zero-order valence-electron chi connectivity index (χ0n) is 16.5. The van der Waals surface area contributed by atoms with Crippen LogP contribution in [0.4, 0.5) is 0 Å².